The van der Waals surface area contributed by atoms with Crippen LogP contribution < -0.4 is 5.32 Å². The number of rotatable bonds is 5. The summed E-state index contributed by atoms with van der Waals surface area (Å²) < 4.78 is 14.8. The maximum atomic E-state index is 13.6. The second-order valence-electron chi connectivity index (χ2n) is 3.78. The minimum Gasteiger partial charge on any atom is -0.480 e. The lowest BCUT2D eigenvalue weighted by Crippen LogP contribution is -2.09. The SMILES string of the molecule is Cc1ncnc(NCc2cn(CC(=O)O)nn2)c1F. The number of nitrogens with one attached hydrogen (secondary N) is 1. The number of aliphatic carboxylic acids is 1. The van der Waals surface area contributed by atoms with Crippen LogP contribution in [-0.2, 0) is 17.9 Å². The van der Waals surface area contributed by atoms with Crippen molar-refractivity contribution in [2.75, 3.05) is 5.32 Å². The quantitative estimate of drug-likeness (QED) is 0.796. The number of aryl methyl sites for hydroxylation is 1. The summed E-state index contributed by atoms with van der Waals surface area (Å²) in [7, 11) is 0. The van der Waals surface area contributed by atoms with Crippen LogP contribution in [0.25, 0.3) is 0 Å². The molecule has 9 heteroatoms. The Hall–Kier alpha value is -2.58. The van der Waals surface area contributed by atoms with Crippen LogP contribution >= 0.6 is 0 Å². The zero-order chi connectivity index (χ0) is 13.8. The van der Waals surface area contributed by atoms with Gasteiger partial charge in [0.2, 0.25) is 0 Å². The molecule has 2 aromatic rings. The molecular formula is C10H11FN6O2. The first-order valence-electron chi connectivity index (χ1n) is 5.38. The number of aromatic nitrogens is 5. The number of carboxylic acids is 1. The second-order valence-corrected chi connectivity index (χ2v) is 3.78. The topological polar surface area (TPSA) is 106 Å². The monoisotopic (exact) mass is 266 g/mol. The van der Waals surface area contributed by atoms with Crippen molar-refractivity contribution in [3.8, 4) is 0 Å². The van der Waals surface area contributed by atoms with E-state index in [1.54, 1.807) is 0 Å². The zero-order valence-corrected chi connectivity index (χ0v) is 10.0. The molecule has 0 bridgehead atoms. The van der Waals surface area contributed by atoms with Crippen molar-refractivity contribution < 1.29 is 14.3 Å². The van der Waals surface area contributed by atoms with Crippen LogP contribution in [0.2, 0.25) is 0 Å². The summed E-state index contributed by atoms with van der Waals surface area (Å²) in [5.41, 5.74) is 0.726. The van der Waals surface area contributed by atoms with Crippen LogP contribution in [-0.4, -0.2) is 36.0 Å². The fraction of sp³-hybridized carbons (Fsp3) is 0.300. The number of hydrogen-bond acceptors (Lipinski definition) is 6. The Morgan fingerprint density at radius 1 is 1.53 bits per heavy atom. The molecule has 0 fully saturated rings. The predicted molar refractivity (Wildman–Crippen MR) is 61.7 cm³/mol. The Labute approximate surface area is 107 Å². The summed E-state index contributed by atoms with van der Waals surface area (Å²) in [6, 6.07) is 0. The van der Waals surface area contributed by atoms with E-state index in [4.69, 9.17) is 5.11 Å². The average Bonchev–Trinajstić information content (AvgIpc) is 2.78. The lowest BCUT2D eigenvalue weighted by Gasteiger charge is -2.04. The van der Waals surface area contributed by atoms with Gasteiger partial charge in [0.1, 0.15) is 18.6 Å². The second kappa shape index (κ2) is 5.38. The van der Waals surface area contributed by atoms with Crippen molar-refractivity contribution in [2.24, 2.45) is 0 Å². The van der Waals surface area contributed by atoms with Crippen molar-refractivity contribution in [2.45, 2.75) is 20.0 Å². The highest BCUT2D eigenvalue weighted by Crippen LogP contribution is 2.12. The van der Waals surface area contributed by atoms with Crippen molar-refractivity contribution in [1.82, 2.24) is 25.0 Å². The molecule has 0 amide bonds. The lowest BCUT2D eigenvalue weighted by molar-refractivity contribution is -0.137. The normalized spacial score (nSPS) is 10.4. The van der Waals surface area contributed by atoms with E-state index in [-0.39, 0.29) is 24.6 Å². The summed E-state index contributed by atoms with van der Waals surface area (Å²) in [4.78, 5) is 17.9. The van der Waals surface area contributed by atoms with Crippen LogP contribution in [0, 0.1) is 12.7 Å². The molecule has 2 rings (SSSR count). The first-order chi connectivity index (χ1) is 9.06. The predicted octanol–water partition coefficient (Wildman–Crippen LogP) is 0.212. The fourth-order valence-electron chi connectivity index (χ4n) is 1.39. The van der Waals surface area contributed by atoms with E-state index in [0.717, 1.165) is 0 Å². The Kier molecular flexibility index (Phi) is 3.64. The number of carboxylic acid groups (broad SMARTS) is 1. The zero-order valence-electron chi connectivity index (χ0n) is 10.0. The van der Waals surface area contributed by atoms with E-state index >= 15 is 0 Å². The van der Waals surface area contributed by atoms with Crippen LogP contribution in [0.1, 0.15) is 11.4 Å². The van der Waals surface area contributed by atoms with Gasteiger partial charge in [0.25, 0.3) is 0 Å². The van der Waals surface area contributed by atoms with Crippen LogP contribution in [0.15, 0.2) is 12.5 Å². The highest BCUT2D eigenvalue weighted by Gasteiger charge is 2.09. The largest absolute Gasteiger partial charge is 0.480 e. The third kappa shape index (κ3) is 3.21. The molecule has 0 aliphatic rings. The first-order valence-corrected chi connectivity index (χ1v) is 5.38. The van der Waals surface area contributed by atoms with Gasteiger partial charge in [0, 0.05) is 0 Å². The van der Waals surface area contributed by atoms with Gasteiger partial charge in [-0.3, -0.25) is 4.79 Å². The van der Waals surface area contributed by atoms with E-state index in [9.17, 15) is 9.18 Å². The van der Waals surface area contributed by atoms with E-state index < -0.39 is 11.8 Å². The summed E-state index contributed by atoms with van der Waals surface area (Å²) in [5, 5.41) is 18.7. The summed E-state index contributed by atoms with van der Waals surface area (Å²) >= 11 is 0. The molecule has 19 heavy (non-hydrogen) atoms. The maximum absolute atomic E-state index is 13.6. The molecule has 0 spiro atoms. The molecule has 0 aromatic carbocycles. The number of carbonyl (C=O) groups is 1. The number of nitrogens with zero attached hydrogens (tertiary/aromatic N) is 5. The van der Waals surface area contributed by atoms with Crippen LogP contribution in [0.5, 0.6) is 0 Å². The molecule has 0 saturated heterocycles. The smallest absolute Gasteiger partial charge is 0.325 e. The Bertz CT molecular complexity index is 599. The highest BCUT2D eigenvalue weighted by atomic mass is 19.1. The van der Waals surface area contributed by atoms with E-state index in [1.807, 2.05) is 0 Å². The number of anilines is 1. The Morgan fingerprint density at radius 2 is 2.32 bits per heavy atom. The molecule has 0 radical (unpaired) electrons. The van der Waals surface area contributed by atoms with Gasteiger partial charge >= 0.3 is 5.97 Å². The average molecular weight is 266 g/mol. The minimum atomic E-state index is -1.01. The molecule has 0 unspecified atom stereocenters. The molecule has 8 nitrogen and oxygen atoms in total. The van der Waals surface area contributed by atoms with Gasteiger partial charge in [-0.05, 0) is 6.92 Å². The van der Waals surface area contributed by atoms with Gasteiger partial charge in [-0.25, -0.2) is 19.0 Å². The van der Waals surface area contributed by atoms with Gasteiger partial charge in [-0.15, -0.1) is 5.10 Å². The van der Waals surface area contributed by atoms with Gasteiger partial charge in [-0.1, -0.05) is 5.21 Å². The molecule has 0 saturated carbocycles. The molecule has 0 aliphatic heterocycles. The number of halogens is 1. The first kappa shape index (κ1) is 12.9. The van der Waals surface area contributed by atoms with Crippen LogP contribution in [0.4, 0.5) is 10.2 Å². The highest BCUT2D eigenvalue weighted by molar-refractivity contribution is 5.66. The summed E-state index contributed by atoms with van der Waals surface area (Å²) in [6.45, 7) is 1.45. The lowest BCUT2D eigenvalue weighted by atomic mass is 10.4. The van der Waals surface area contributed by atoms with E-state index in [2.05, 4.69) is 25.6 Å². The standard InChI is InChI=1S/C10H11FN6O2/c1-6-9(11)10(14-5-13-6)12-2-7-3-17(16-15-7)4-8(18)19/h3,5H,2,4H2,1H3,(H,18,19)(H,12,13,14). The molecule has 0 atom stereocenters. The van der Waals surface area contributed by atoms with Crippen molar-refractivity contribution in [1.29, 1.82) is 0 Å². The van der Waals surface area contributed by atoms with Gasteiger partial charge in [0.15, 0.2) is 11.6 Å². The summed E-state index contributed by atoms with van der Waals surface area (Å²) in [5.74, 6) is -1.47. The van der Waals surface area contributed by atoms with Crippen molar-refractivity contribution >= 4 is 11.8 Å². The molecule has 2 N–H and O–H groups in total. The van der Waals surface area contributed by atoms with Gasteiger partial charge in [-0.2, -0.15) is 0 Å². The molecule has 100 valence electrons. The van der Waals surface area contributed by atoms with Crippen molar-refractivity contribution in [3.05, 3.63) is 29.7 Å². The van der Waals surface area contributed by atoms with E-state index in [0.29, 0.717) is 5.69 Å². The van der Waals surface area contributed by atoms with Crippen molar-refractivity contribution in [3.63, 3.8) is 0 Å². The minimum absolute atomic E-state index is 0.0697. The van der Waals surface area contributed by atoms with Crippen LogP contribution in [0.3, 0.4) is 0 Å². The summed E-state index contributed by atoms with van der Waals surface area (Å²) in [6.07, 6.45) is 2.72. The van der Waals surface area contributed by atoms with Gasteiger partial charge in [0.05, 0.1) is 18.4 Å². The third-order valence-corrected chi connectivity index (χ3v) is 2.28. The van der Waals surface area contributed by atoms with Gasteiger partial charge < -0.3 is 10.4 Å². The fourth-order valence-corrected chi connectivity index (χ4v) is 1.39. The molecule has 2 heterocycles. The third-order valence-electron chi connectivity index (χ3n) is 2.28. The number of hydrogen-bond donors (Lipinski definition) is 2. The molecular weight excluding hydrogens is 255 g/mol. The van der Waals surface area contributed by atoms with E-state index in [1.165, 1.54) is 24.1 Å². The molecule has 2 aromatic heterocycles. The maximum Gasteiger partial charge on any atom is 0.325 e. The molecule has 0 aliphatic carbocycles. The Balaban J connectivity index is 2.00. The Morgan fingerprint density at radius 3 is 3.05 bits per heavy atom.